The minimum Gasteiger partial charge on any atom is -0.349 e. The van der Waals surface area contributed by atoms with Crippen LogP contribution in [0.25, 0.3) is 11.3 Å². The van der Waals surface area contributed by atoms with Gasteiger partial charge in [0.1, 0.15) is 18.2 Å². The summed E-state index contributed by atoms with van der Waals surface area (Å²) >= 11 is 0. The van der Waals surface area contributed by atoms with Gasteiger partial charge in [0, 0.05) is 12.0 Å². The lowest BCUT2D eigenvalue weighted by molar-refractivity contribution is -0.125. The van der Waals surface area contributed by atoms with Gasteiger partial charge in [-0.1, -0.05) is 0 Å². The Morgan fingerprint density at radius 1 is 1.30 bits per heavy atom. The average Bonchev–Trinajstić information content (AvgIpc) is 3.00. The van der Waals surface area contributed by atoms with E-state index in [2.05, 4.69) is 20.6 Å². The van der Waals surface area contributed by atoms with E-state index < -0.39 is 6.04 Å². The number of hydrogen-bond donors (Lipinski definition) is 2. The van der Waals surface area contributed by atoms with Gasteiger partial charge in [0.25, 0.3) is 0 Å². The lowest BCUT2D eigenvalue weighted by Gasteiger charge is -2.11. The maximum absolute atomic E-state index is 13.0. The van der Waals surface area contributed by atoms with Gasteiger partial charge < -0.3 is 10.6 Å². The van der Waals surface area contributed by atoms with Crippen molar-refractivity contribution in [2.24, 2.45) is 0 Å². The van der Waals surface area contributed by atoms with Gasteiger partial charge in [-0.3, -0.25) is 9.59 Å². The van der Waals surface area contributed by atoms with E-state index in [0.717, 1.165) is 5.56 Å². The minimum absolute atomic E-state index is 0.106. The van der Waals surface area contributed by atoms with E-state index in [1.807, 2.05) is 0 Å². The molecule has 1 aliphatic rings. The molecule has 118 valence electrons. The molecule has 23 heavy (non-hydrogen) atoms. The van der Waals surface area contributed by atoms with E-state index in [1.54, 1.807) is 18.2 Å². The molecule has 2 aromatic rings. The third-order valence-electron chi connectivity index (χ3n) is 3.62. The third-order valence-corrected chi connectivity index (χ3v) is 3.62. The van der Waals surface area contributed by atoms with E-state index in [4.69, 9.17) is 0 Å². The summed E-state index contributed by atoms with van der Waals surface area (Å²) in [5.41, 5.74) is 2.06. The Balaban J connectivity index is 1.65. The molecule has 6 nitrogen and oxygen atoms in total. The lowest BCUT2D eigenvalue weighted by atomic mass is 10.1. The molecule has 7 heteroatoms. The number of benzene rings is 1. The minimum atomic E-state index is -0.471. The van der Waals surface area contributed by atoms with Crippen molar-refractivity contribution < 1.29 is 14.0 Å². The Morgan fingerprint density at radius 3 is 2.78 bits per heavy atom. The molecule has 0 radical (unpaired) electrons. The molecule has 2 heterocycles. The highest BCUT2D eigenvalue weighted by Crippen LogP contribution is 2.17. The van der Waals surface area contributed by atoms with Gasteiger partial charge in [-0.15, -0.1) is 0 Å². The first-order chi connectivity index (χ1) is 11.1. The number of nitrogens with one attached hydrogen (secondary N) is 2. The van der Waals surface area contributed by atoms with E-state index in [0.29, 0.717) is 24.2 Å². The zero-order valence-electron chi connectivity index (χ0n) is 12.3. The molecule has 0 saturated carbocycles. The zero-order chi connectivity index (χ0) is 16.2. The van der Waals surface area contributed by atoms with Gasteiger partial charge >= 0.3 is 0 Å². The number of rotatable bonds is 4. The summed E-state index contributed by atoms with van der Waals surface area (Å²) in [4.78, 5) is 31.3. The molecule has 0 bridgehead atoms. The molecule has 1 fully saturated rings. The van der Waals surface area contributed by atoms with E-state index in [-0.39, 0.29) is 24.2 Å². The smallest absolute Gasteiger partial charge is 0.242 e. The van der Waals surface area contributed by atoms with Crippen molar-refractivity contribution in [3.63, 3.8) is 0 Å². The quantitative estimate of drug-likeness (QED) is 0.887. The Bertz CT molecular complexity index is 733. The van der Waals surface area contributed by atoms with Gasteiger partial charge in [-0.05, 0) is 36.8 Å². The second kappa shape index (κ2) is 6.51. The van der Waals surface area contributed by atoms with Crippen LogP contribution in [-0.4, -0.2) is 27.8 Å². The standard InChI is InChI=1S/C16H15FN4O2/c17-11-3-1-10(2-4-11)14-7-12(19-9-20-14)8-18-16(23)13-5-6-15(22)21-13/h1-4,7,9,13H,5-6,8H2,(H,18,23)(H,21,22). The second-order valence-electron chi connectivity index (χ2n) is 5.28. The summed E-state index contributed by atoms with van der Waals surface area (Å²) in [7, 11) is 0. The first-order valence-electron chi connectivity index (χ1n) is 7.26. The van der Waals surface area contributed by atoms with Crippen LogP contribution in [0.3, 0.4) is 0 Å². The van der Waals surface area contributed by atoms with Crippen LogP contribution in [0.4, 0.5) is 4.39 Å². The fourth-order valence-electron chi connectivity index (χ4n) is 2.38. The summed E-state index contributed by atoms with van der Waals surface area (Å²) in [6.45, 7) is 0.238. The fourth-order valence-corrected chi connectivity index (χ4v) is 2.38. The molecule has 1 atom stereocenters. The van der Waals surface area contributed by atoms with Crippen molar-refractivity contribution >= 4 is 11.8 Å². The Kier molecular flexibility index (Phi) is 4.27. The van der Waals surface area contributed by atoms with Gasteiger partial charge in [-0.25, -0.2) is 14.4 Å². The highest BCUT2D eigenvalue weighted by Gasteiger charge is 2.26. The Hall–Kier alpha value is -2.83. The molecule has 1 aromatic carbocycles. The van der Waals surface area contributed by atoms with Crippen LogP contribution in [0.5, 0.6) is 0 Å². The molecule has 3 rings (SSSR count). The van der Waals surface area contributed by atoms with E-state index >= 15 is 0 Å². The molecule has 2 amide bonds. The Labute approximate surface area is 132 Å². The number of aromatic nitrogens is 2. The van der Waals surface area contributed by atoms with Crippen molar-refractivity contribution in [3.8, 4) is 11.3 Å². The number of carbonyl (C=O) groups is 2. The SMILES string of the molecule is O=C1CCC(C(=O)NCc2cc(-c3ccc(F)cc3)ncn2)N1. The summed E-state index contributed by atoms with van der Waals surface area (Å²) in [6.07, 6.45) is 2.28. The predicted octanol–water partition coefficient (Wildman–Crippen LogP) is 1.18. The number of nitrogens with zero attached hydrogens (tertiary/aromatic N) is 2. The van der Waals surface area contributed by atoms with Crippen molar-refractivity contribution in [1.82, 2.24) is 20.6 Å². The van der Waals surface area contributed by atoms with Gasteiger partial charge in [0.2, 0.25) is 11.8 Å². The van der Waals surface area contributed by atoms with Crippen molar-refractivity contribution in [3.05, 3.63) is 48.2 Å². The third kappa shape index (κ3) is 3.68. The second-order valence-corrected chi connectivity index (χ2v) is 5.28. The molecule has 1 saturated heterocycles. The zero-order valence-corrected chi connectivity index (χ0v) is 12.3. The Morgan fingerprint density at radius 2 is 2.09 bits per heavy atom. The van der Waals surface area contributed by atoms with Crippen molar-refractivity contribution in [2.75, 3.05) is 0 Å². The normalized spacial score (nSPS) is 16.9. The van der Waals surface area contributed by atoms with Crippen LogP contribution in [0, 0.1) is 5.82 Å². The number of halogens is 1. The van der Waals surface area contributed by atoms with Crippen molar-refractivity contribution in [1.29, 1.82) is 0 Å². The first-order valence-corrected chi connectivity index (χ1v) is 7.26. The summed E-state index contributed by atoms with van der Waals surface area (Å²) in [6, 6.07) is 7.26. The maximum atomic E-state index is 13.0. The summed E-state index contributed by atoms with van der Waals surface area (Å²) < 4.78 is 13.0. The monoisotopic (exact) mass is 314 g/mol. The maximum Gasteiger partial charge on any atom is 0.242 e. The van der Waals surface area contributed by atoms with Crippen LogP contribution in [-0.2, 0) is 16.1 Å². The first kappa shape index (κ1) is 15.1. The molecule has 1 aromatic heterocycles. The fraction of sp³-hybridized carbons (Fsp3) is 0.250. The predicted molar refractivity (Wildman–Crippen MR) is 80.4 cm³/mol. The summed E-state index contributed by atoms with van der Waals surface area (Å²) in [5.74, 6) is -0.641. The number of hydrogen-bond acceptors (Lipinski definition) is 4. The van der Waals surface area contributed by atoms with Gasteiger partial charge in [0.15, 0.2) is 0 Å². The molecular weight excluding hydrogens is 299 g/mol. The lowest BCUT2D eigenvalue weighted by Crippen LogP contribution is -2.41. The van der Waals surface area contributed by atoms with E-state index in [9.17, 15) is 14.0 Å². The largest absolute Gasteiger partial charge is 0.349 e. The van der Waals surface area contributed by atoms with Crippen molar-refractivity contribution in [2.45, 2.75) is 25.4 Å². The molecule has 1 unspecified atom stereocenters. The highest BCUT2D eigenvalue weighted by molar-refractivity contribution is 5.90. The molecule has 0 aliphatic carbocycles. The average molecular weight is 314 g/mol. The molecular formula is C16H15FN4O2. The highest BCUT2D eigenvalue weighted by atomic mass is 19.1. The topological polar surface area (TPSA) is 84.0 Å². The number of carbonyl (C=O) groups excluding carboxylic acids is 2. The van der Waals surface area contributed by atoms with Crippen LogP contribution in [0.2, 0.25) is 0 Å². The van der Waals surface area contributed by atoms with Crippen LogP contribution in [0.1, 0.15) is 18.5 Å². The molecule has 2 N–H and O–H groups in total. The van der Waals surface area contributed by atoms with Gasteiger partial charge in [0.05, 0.1) is 17.9 Å². The molecule has 1 aliphatic heterocycles. The van der Waals surface area contributed by atoms with Crippen LogP contribution >= 0.6 is 0 Å². The van der Waals surface area contributed by atoms with Gasteiger partial charge in [-0.2, -0.15) is 0 Å². The number of amides is 2. The van der Waals surface area contributed by atoms with E-state index in [1.165, 1.54) is 18.5 Å². The molecule has 0 spiro atoms. The van der Waals surface area contributed by atoms with Crippen LogP contribution in [0.15, 0.2) is 36.7 Å². The van der Waals surface area contributed by atoms with Crippen LogP contribution < -0.4 is 10.6 Å². The summed E-state index contributed by atoms with van der Waals surface area (Å²) in [5, 5.41) is 5.36.